The molecule has 0 bridgehead atoms. The summed E-state index contributed by atoms with van der Waals surface area (Å²) in [5.41, 5.74) is 3.32. The first kappa shape index (κ1) is 13.7. The average Bonchev–Trinajstić information content (AvgIpc) is 2.78. The molecule has 1 N–H and O–H groups in total. The van der Waals surface area contributed by atoms with Gasteiger partial charge in [-0.25, -0.2) is 4.39 Å². The Hall–Kier alpha value is -1.68. The highest BCUT2D eigenvalue weighted by Gasteiger charge is 2.14. The van der Waals surface area contributed by atoms with E-state index in [0.717, 1.165) is 29.7 Å². The summed E-state index contributed by atoms with van der Waals surface area (Å²) >= 11 is 0. The minimum absolute atomic E-state index is 0.178. The summed E-state index contributed by atoms with van der Waals surface area (Å²) < 4.78 is 14.9. The van der Waals surface area contributed by atoms with Crippen LogP contribution >= 0.6 is 0 Å². The van der Waals surface area contributed by atoms with Crippen LogP contribution < -0.4 is 5.32 Å². The van der Waals surface area contributed by atoms with Crippen molar-refractivity contribution in [2.75, 3.05) is 6.54 Å². The molecule has 0 radical (unpaired) electrons. The fraction of sp³-hybridized carbons (Fsp3) is 0.400. The number of hydrogen-bond acceptors (Lipinski definition) is 2. The lowest BCUT2D eigenvalue weighted by molar-refractivity contribution is 0.547. The predicted octanol–water partition coefficient (Wildman–Crippen LogP) is 2.76. The van der Waals surface area contributed by atoms with E-state index in [1.165, 1.54) is 6.07 Å². The van der Waals surface area contributed by atoms with Gasteiger partial charge in [-0.15, -0.1) is 0 Å². The molecule has 0 spiro atoms. The van der Waals surface area contributed by atoms with E-state index in [9.17, 15) is 4.39 Å². The number of aryl methyl sites for hydroxylation is 2. The molecule has 0 aliphatic carbocycles. The van der Waals surface area contributed by atoms with Gasteiger partial charge in [0.15, 0.2) is 0 Å². The van der Waals surface area contributed by atoms with Gasteiger partial charge in [-0.1, -0.05) is 13.0 Å². The SMILES string of the molecule is CCNC(Cc1ccc(F)cc1C)c1cnn(C)c1. The molecule has 1 heterocycles. The van der Waals surface area contributed by atoms with Crippen molar-refractivity contribution in [2.24, 2.45) is 7.05 Å². The molecule has 0 amide bonds. The van der Waals surface area contributed by atoms with Crippen molar-refractivity contribution in [1.82, 2.24) is 15.1 Å². The van der Waals surface area contributed by atoms with Gasteiger partial charge in [0.2, 0.25) is 0 Å². The van der Waals surface area contributed by atoms with E-state index in [1.807, 2.05) is 32.4 Å². The molecule has 0 saturated carbocycles. The summed E-state index contributed by atoms with van der Waals surface area (Å²) in [5.74, 6) is -0.178. The number of halogens is 1. The molecule has 0 saturated heterocycles. The molecule has 0 fully saturated rings. The van der Waals surface area contributed by atoms with Crippen molar-refractivity contribution in [1.29, 1.82) is 0 Å². The number of hydrogen-bond donors (Lipinski definition) is 1. The number of rotatable bonds is 5. The fourth-order valence-corrected chi connectivity index (χ4v) is 2.28. The second-order valence-electron chi connectivity index (χ2n) is 4.83. The van der Waals surface area contributed by atoms with Crippen LogP contribution in [0, 0.1) is 12.7 Å². The van der Waals surface area contributed by atoms with Crippen molar-refractivity contribution in [3.05, 3.63) is 53.1 Å². The van der Waals surface area contributed by atoms with Gasteiger partial charge in [0.1, 0.15) is 5.82 Å². The number of likely N-dealkylation sites (N-methyl/N-ethyl adjacent to an activating group) is 1. The molecular formula is C15H20FN3. The lowest BCUT2D eigenvalue weighted by Gasteiger charge is -2.17. The molecule has 1 aromatic heterocycles. The Morgan fingerprint density at radius 1 is 1.42 bits per heavy atom. The van der Waals surface area contributed by atoms with E-state index in [0.29, 0.717) is 0 Å². The van der Waals surface area contributed by atoms with E-state index in [2.05, 4.69) is 17.3 Å². The molecule has 2 aromatic rings. The van der Waals surface area contributed by atoms with Crippen molar-refractivity contribution in [3.63, 3.8) is 0 Å². The highest BCUT2D eigenvalue weighted by molar-refractivity contribution is 5.29. The quantitative estimate of drug-likeness (QED) is 0.897. The largest absolute Gasteiger partial charge is 0.310 e. The molecule has 102 valence electrons. The maximum absolute atomic E-state index is 13.1. The normalized spacial score (nSPS) is 12.6. The first-order valence-electron chi connectivity index (χ1n) is 6.57. The van der Waals surface area contributed by atoms with Gasteiger partial charge in [-0.2, -0.15) is 5.10 Å². The van der Waals surface area contributed by atoms with Crippen molar-refractivity contribution < 1.29 is 4.39 Å². The number of benzene rings is 1. The molecule has 2 rings (SSSR count). The Balaban J connectivity index is 2.21. The van der Waals surface area contributed by atoms with E-state index >= 15 is 0 Å². The average molecular weight is 261 g/mol. The maximum atomic E-state index is 13.1. The van der Waals surface area contributed by atoms with Crippen LogP contribution in [0.2, 0.25) is 0 Å². The molecule has 3 nitrogen and oxygen atoms in total. The minimum atomic E-state index is -0.178. The zero-order valence-corrected chi connectivity index (χ0v) is 11.7. The Kier molecular flexibility index (Phi) is 4.32. The Labute approximate surface area is 113 Å². The van der Waals surface area contributed by atoms with Crippen LogP contribution in [0.25, 0.3) is 0 Å². The van der Waals surface area contributed by atoms with Gasteiger partial charge in [0, 0.05) is 24.8 Å². The molecule has 1 atom stereocenters. The summed E-state index contributed by atoms with van der Waals surface area (Å²) in [6.45, 7) is 4.92. The number of nitrogens with zero attached hydrogens (tertiary/aromatic N) is 2. The summed E-state index contributed by atoms with van der Waals surface area (Å²) in [6.07, 6.45) is 4.74. The van der Waals surface area contributed by atoms with E-state index < -0.39 is 0 Å². The molecule has 1 aromatic carbocycles. The van der Waals surface area contributed by atoms with Crippen LogP contribution in [0.3, 0.4) is 0 Å². The van der Waals surface area contributed by atoms with Gasteiger partial charge < -0.3 is 5.32 Å². The van der Waals surface area contributed by atoms with Crippen molar-refractivity contribution in [3.8, 4) is 0 Å². The van der Waals surface area contributed by atoms with Crippen LogP contribution in [-0.2, 0) is 13.5 Å². The van der Waals surface area contributed by atoms with Gasteiger partial charge in [-0.05, 0) is 43.1 Å². The first-order valence-corrected chi connectivity index (χ1v) is 6.57. The predicted molar refractivity (Wildman–Crippen MR) is 74.5 cm³/mol. The van der Waals surface area contributed by atoms with Gasteiger partial charge in [-0.3, -0.25) is 4.68 Å². The lowest BCUT2D eigenvalue weighted by Crippen LogP contribution is -2.23. The van der Waals surface area contributed by atoms with Crippen molar-refractivity contribution >= 4 is 0 Å². The minimum Gasteiger partial charge on any atom is -0.310 e. The summed E-state index contributed by atoms with van der Waals surface area (Å²) in [6, 6.07) is 5.18. The van der Waals surface area contributed by atoms with Gasteiger partial charge in [0.25, 0.3) is 0 Å². The summed E-state index contributed by atoms with van der Waals surface area (Å²) in [4.78, 5) is 0. The van der Waals surface area contributed by atoms with Crippen molar-refractivity contribution in [2.45, 2.75) is 26.3 Å². The Morgan fingerprint density at radius 2 is 2.21 bits per heavy atom. The van der Waals surface area contributed by atoms with Crippen LogP contribution in [0.5, 0.6) is 0 Å². The van der Waals surface area contributed by atoms with E-state index in [1.54, 1.807) is 10.7 Å². The highest BCUT2D eigenvalue weighted by Crippen LogP contribution is 2.20. The number of aromatic nitrogens is 2. The zero-order valence-electron chi connectivity index (χ0n) is 11.7. The van der Waals surface area contributed by atoms with Crippen LogP contribution in [0.1, 0.15) is 29.7 Å². The molecule has 1 unspecified atom stereocenters. The van der Waals surface area contributed by atoms with Gasteiger partial charge >= 0.3 is 0 Å². The van der Waals surface area contributed by atoms with Gasteiger partial charge in [0.05, 0.1) is 6.20 Å². The summed E-state index contributed by atoms with van der Waals surface area (Å²) in [5, 5.41) is 7.67. The molecule has 0 aliphatic rings. The Bertz CT molecular complexity index is 548. The third kappa shape index (κ3) is 3.41. The second kappa shape index (κ2) is 5.97. The summed E-state index contributed by atoms with van der Waals surface area (Å²) in [7, 11) is 1.91. The first-order chi connectivity index (χ1) is 9.10. The molecule has 4 heteroatoms. The molecule has 19 heavy (non-hydrogen) atoms. The zero-order chi connectivity index (χ0) is 13.8. The number of nitrogens with one attached hydrogen (secondary N) is 1. The third-order valence-corrected chi connectivity index (χ3v) is 3.31. The van der Waals surface area contributed by atoms with Crippen LogP contribution in [0.15, 0.2) is 30.6 Å². The molecule has 0 aliphatic heterocycles. The topological polar surface area (TPSA) is 29.9 Å². The molecular weight excluding hydrogens is 241 g/mol. The smallest absolute Gasteiger partial charge is 0.123 e. The standard InChI is InChI=1S/C15H20FN3/c1-4-17-15(13-9-18-19(3)10-13)8-12-5-6-14(16)7-11(12)2/h5-7,9-10,15,17H,4,8H2,1-3H3. The third-order valence-electron chi connectivity index (χ3n) is 3.31. The Morgan fingerprint density at radius 3 is 2.79 bits per heavy atom. The fourth-order valence-electron chi connectivity index (χ4n) is 2.28. The van der Waals surface area contributed by atoms with Crippen LogP contribution in [0.4, 0.5) is 4.39 Å². The monoisotopic (exact) mass is 261 g/mol. The lowest BCUT2D eigenvalue weighted by atomic mass is 9.98. The second-order valence-corrected chi connectivity index (χ2v) is 4.83. The van der Waals surface area contributed by atoms with E-state index in [-0.39, 0.29) is 11.9 Å². The highest BCUT2D eigenvalue weighted by atomic mass is 19.1. The van der Waals surface area contributed by atoms with E-state index in [4.69, 9.17) is 0 Å². The maximum Gasteiger partial charge on any atom is 0.123 e. The van der Waals surface area contributed by atoms with Crippen LogP contribution in [-0.4, -0.2) is 16.3 Å².